The molecular formula is C48H52N10O4. The van der Waals surface area contributed by atoms with E-state index in [4.69, 9.17) is 21.4 Å². The summed E-state index contributed by atoms with van der Waals surface area (Å²) in [5.41, 5.74) is 18.7. The van der Waals surface area contributed by atoms with E-state index in [1.807, 2.05) is 84.3 Å². The number of likely N-dealkylation sites (tertiary alicyclic amines) is 2. The summed E-state index contributed by atoms with van der Waals surface area (Å²) in [7, 11) is 0. The number of amides is 6. The second-order valence-electron chi connectivity index (χ2n) is 15.8. The fourth-order valence-corrected chi connectivity index (χ4v) is 9.05. The molecule has 4 aromatic carbocycles. The van der Waals surface area contributed by atoms with Gasteiger partial charge in [0.15, 0.2) is 0 Å². The first kappa shape index (κ1) is 41.5. The number of H-pyrrole nitrogens is 2. The summed E-state index contributed by atoms with van der Waals surface area (Å²) in [6.07, 6.45) is 6.75. The molecule has 2 aromatic heterocycles. The Balaban J connectivity index is 0.943. The predicted molar refractivity (Wildman–Crippen MR) is 237 cm³/mol. The molecule has 8 rings (SSSR count). The van der Waals surface area contributed by atoms with Gasteiger partial charge >= 0.3 is 12.1 Å². The van der Waals surface area contributed by atoms with Crippen LogP contribution >= 0.6 is 0 Å². The minimum Gasteiger partial charge on any atom is -0.351 e. The lowest BCUT2D eigenvalue weighted by Gasteiger charge is -2.34. The number of nitrogens with two attached hydrogens (primary N) is 2. The zero-order valence-electron chi connectivity index (χ0n) is 35.0. The van der Waals surface area contributed by atoms with E-state index in [1.54, 1.807) is 12.4 Å². The first-order valence-electron chi connectivity index (χ1n) is 21.3. The fourth-order valence-electron chi connectivity index (χ4n) is 9.05. The number of nitrogens with zero attached hydrogens (tertiary/aromatic N) is 6. The van der Waals surface area contributed by atoms with Gasteiger partial charge in [-0.05, 0) is 72.9 Å². The van der Waals surface area contributed by atoms with E-state index >= 15 is 0 Å². The average Bonchev–Trinajstić information content (AvgIpc) is 4.15. The summed E-state index contributed by atoms with van der Waals surface area (Å²) in [5, 5.41) is 0. The van der Waals surface area contributed by atoms with Gasteiger partial charge in [-0.1, -0.05) is 109 Å². The minimum atomic E-state index is -0.824. The van der Waals surface area contributed by atoms with Crippen LogP contribution in [0.4, 0.5) is 9.59 Å². The van der Waals surface area contributed by atoms with Crippen molar-refractivity contribution in [2.75, 3.05) is 26.2 Å². The monoisotopic (exact) mass is 832 g/mol. The Morgan fingerprint density at radius 3 is 1.27 bits per heavy atom. The van der Waals surface area contributed by atoms with E-state index in [1.165, 1.54) is 9.80 Å². The number of hydrogen-bond acceptors (Lipinski definition) is 6. The van der Waals surface area contributed by atoms with Crippen molar-refractivity contribution in [2.24, 2.45) is 11.5 Å². The summed E-state index contributed by atoms with van der Waals surface area (Å²) in [4.78, 5) is 76.2. The number of primary amides is 2. The summed E-state index contributed by atoms with van der Waals surface area (Å²) in [5.74, 6) is 1.06. The number of carbonyl (C=O) groups excluding carboxylic acids is 4. The lowest BCUT2D eigenvalue weighted by Crippen LogP contribution is -2.47. The van der Waals surface area contributed by atoms with Gasteiger partial charge in [-0.15, -0.1) is 0 Å². The minimum absolute atomic E-state index is 0.174. The zero-order valence-corrected chi connectivity index (χ0v) is 35.0. The topological polar surface area (TPSA) is 191 Å². The maximum absolute atomic E-state index is 14.2. The number of benzene rings is 4. The molecule has 0 bridgehead atoms. The third kappa shape index (κ3) is 8.27. The van der Waals surface area contributed by atoms with Crippen LogP contribution in [0, 0.1) is 0 Å². The van der Waals surface area contributed by atoms with Crippen molar-refractivity contribution in [3.63, 3.8) is 0 Å². The van der Waals surface area contributed by atoms with Crippen LogP contribution in [0.15, 0.2) is 122 Å². The third-order valence-electron chi connectivity index (χ3n) is 12.2. The van der Waals surface area contributed by atoms with Crippen molar-refractivity contribution < 1.29 is 19.2 Å². The predicted octanol–water partition coefficient (Wildman–Crippen LogP) is 7.74. The van der Waals surface area contributed by atoms with Gasteiger partial charge in [-0.3, -0.25) is 9.59 Å². The molecule has 62 heavy (non-hydrogen) atoms. The number of rotatable bonds is 13. The van der Waals surface area contributed by atoms with Crippen LogP contribution in [-0.4, -0.2) is 89.6 Å². The number of aromatic nitrogens is 4. The van der Waals surface area contributed by atoms with E-state index in [9.17, 15) is 19.2 Å². The Labute approximate surface area is 360 Å². The van der Waals surface area contributed by atoms with Crippen molar-refractivity contribution in [1.82, 2.24) is 39.5 Å². The van der Waals surface area contributed by atoms with Gasteiger partial charge in [-0.25, -0.2) is 19.6 Å². The van der Waals surface area contributed by atoms with Crippen molar-refractivity contribution in [2.45, 2.75) is 63.7 Å². The molecule has 2 aliphatic heterocycles. The lowest BCUT2D eigenvalue weighted by atomic mass is 10.0. The van der Waals surface area contributed by atoms with Crippen LogP contribution < -0.4 is 11.5 Å². The van der Waals surface area contributed by atoms with Crippen molar-refractivity contribution >= 4 is 23.9 Å². The molecule has 0 spiro atoms. The molecule has 6 aromatic rings. The molecule has 2 saturated heterocycles. The summed E-state index contributed by atoms with van der Waals surface area (Å²) in [6, 6.07) is 31.7. The molecule has 4 heterocycles. The van der Waals surface area contributed by atoms with Crippen LogP contribution in [0.1, 0.15) is 86.5 Å². The maximum Gasteiger partial charge on any atom is 0.315 e. The van der Waals surface area contributed by atoms with Crippen LogP contribution in [0.2, 0.25) is 0 Å². The fraction of sp³-hybridized carbons (Fsp3) is 0.292. The van der Waals surface area contributed by atoms with E-state index < -0.39 is 24.1 Å². The molecule has 4 atom stereocenters. The van der Waals surface area contributed by atoms with Crippen molar-refractivity contribution in [3.05, 3.63) is 144 Å². The molecule has 14 heteroatoms. The van der Waals surface area contributed by atoms with E-state index in [0.29, 0.717) is 37.8 Å². The standard InChI is InChI=1S/C48H52N10O4/c1-3-55(47(49)61)41(35-13-7-5-8-14-35)45(59)57-27-11-17-39(57)43-51-29-37(53-43)33-23-19-31(20-24-33)32-21-25-34(26-22-32)38-30-52-44(54-38)40-18-12-28-58(40)46(60)42(56(4-2)48(50)62)36-15-9-6-10-16-36/h5-10,13-16,19-26,29-30,39-42H,3-4,11-12,17-18,27-28H2,1-2H3,(H2,49,61)(H2,50,62)(H,51,53)(H,52,54)/t39-,40-,41+,42+/m0/s1. The average molecular weight is 833 g/mol. The first-order chi connectivity index (χ1) is 30.2. The largest absolute Gasteiger partial charge is 0.351 e. The van der Waals surface area contributed by atoms with Gasteiger partial charge < -0.3 is 41.0 Å². The lowest BCUT2D eigenvalue weighted by molar-refractivity contribution is -0.138. The van der Waals surface area contributed by atoms with Gasteiger partial charge in [0.2, 0.25) is 0 Å². The molecule has 0 saturated carbocycles. The molecule has 2 aliphatic rings. The third-order valence-corrected chi connectivity index (χ3v) is 12.2. The zero-order chi connectivity index (χ0) is 43.3. The Bertz CT molecular complexity index is 2330. The highest BCUT2D eigenvalue weighted by Crippen LogP contribution is 2.38. The number of aromatic amines is 2. The van der Waals surface area contributed by atoms with E-state index in [2.05, 4.69) is 58.5 Å². The maximum atomic E-state index is 14.2. The van der Waals surface area contributed by atoms with Gasteiger partial charge in [0.25, 0.3) is 11.8 Å². The second kappa shape index (κ2) is 18.2. The number of nitrogens with one attached hydrogen (secondary N) is 2. The number of imidazole rings is 2. The van der Waals surface area contributed by atoms with Crippen molar-refractivity contribution in [3.8, 4) is 33.6 Å². The van der Waals surface area contributed by atoms with E-state index in [-0.39, 0.29) is 23.9 Å². The van der Waals surface area contributed by atoms with Gasteiger partial charge in [0.05, 0.1) is 35.9 Å². The quantitative estimate of drug-likeness (QED) is 0.0920. The van der Waals surface area contributed by atoms with Crippen molar-refractivity contribution in [1.29, 1.82) is 0 Å². The number of urea groups is 2. The van der Waals surface area contributed by atoms with Gasteiger partial charge in [0.1, 0.15) is 23.7 Å². The molecule has 14 nitrogen and oxygen atoms in total. The molecule has 0 unspecified atom stereocenters. The first-order valence-corrected chi connectivity index (χ1v) is 21.3. The molecule has 6 N–H and O–H groups in total. The Hall–Kier alpha value is -7.22. The summed E-state index contributed by atoms with van der Waals surface area (Å²) < 4.78 is 0. The smallest absolute Gasteiger partial charge is 0.315 e. The molecule has 318 valence electrons. The highest BCUT2D eigenvalue weighted by molar-refractivity contribution is 5.89. The Morgan fingerprint density at radius 1 is 0.581 bits per heavy atom. The van der Waals surface area contributed by atoms with E-state index in [0.717, 1.165) is 70.5 Å². The summed E-state index contributed by atoms with van der Waals surface area (Å²) >= 11 is 0. The molecule has 2 fully saturated rings. The number of carbonyl (C=O) groups is 4. The normalized spacial score (nSPS) is 17.1. The molecule has 0 radical (unpaired) electrons. The molecule has 0 aliphatic carbocycles. The highest BCUT2D eigenvalue weighted by Gasteiger charge is 2.41. The SMILES string of the molecule is CCN(C(N)=O)[C@@H](C(=O)N1CCC[C@H]1c1ncc(-c2ccc(-c3ccc(-c4cnc([C@@H]5CCCN5C(=O)[C@@H](c5ccccc5)N(CC)C(N)=O)[nH]4)cc3)cc2)[nH]1)c1ccccc1. The van der Waals surface area contributed by atoms with Crippen LogP contribution in [0.3, 0.4) is 0 Å². The van der Waals surface area contributed by atoms with Gasteiger partial charge in [0, 0.05) is 26.2 Å². The van der Waals surface area contributed by atoms with Crippen LogP contribution in [0.25, 0.3) is 33.6 Å². The number of hydrogen-bond donors (Lipinski definition) is 4. The second-order valence-corrected chi connectivity index (χ2v) is 15.8. The molecule has 6 amide bonds. The van der Waals surface area contributed by atoms with Crippen LogP contribution in [0.5, 0.6) is 0 Å². The molecular weight excluding hydrogens is 781 g/mol. The van der Waals surface area contributed by atoms with Gasteiger partial charge in [-0.2, -0.15) is 0 Å². The Morgan fingerprint density at radius 2 is 0.935 bits per heavy atom. The van der Waals surface area contributed by atoms with Crippen LogP contribution in [-0.2, 0) is 9.59 Å². The summed E-state index contributed by atoms with van der Waals surface area (Å²) in [6.45, 7) is 5.36. The Kier molecular flexibility index (Phi) is 12.2. The highest BCUT2D eigenvalue weighted by atomic mass is 16.2. The number of likely N-dealkylation sites (N-methyl/N-ethyl adjacent to an activating group) is 2.